The van der Waals surface area contributed by atoms with Gasteiger partial charge in [0.25, 0.3) is 0 Å². The SMILES string of the molecule is CCc1ccc(OCCOCCOCC(C)=O)cc1. The zero-order valence-corrected chi connectivity index (χ0v) is 11.7. The fraction of sp³-hybridized carbons (Fsp3) is 0.533. The van der Waals surface area contributed by atoms with E-state index in [1.54, 1.807) is 0 Å². The van der Waals surface area contributed by atoms with Gasteiger partial charge >= 0.3 is 0 Å². The largest absolute Gasteiger partial charge is 0.491 e. The van der Waals surface area contributed by atoms with Gasteiger partial charge in [0.2, 0.25) is 0 Å². The molecule has 0 spiro atoms. The van der Waals surface area contributed by atoms with E-state index in [2.05, 4.69) is 19.1 Å². The average molecular weight is 266 g/mol. The number of rotatable bonds is 10. The highest BCUT2D eigenvalue weighted by molar-refractivity contribution is 5.76. The standard InChI is InChI=1S/C15H22O4/c1-3-14-4-6-15(7-5-14)19-11-10-17-8-9-18-12-13(2)16/h4-7H,3,8-12H2,1-2H3. The van der Waals surface area contributed by atoms with E-state index >= 15 is 0 Å². The highest BCUT2D eigenvalue weighted by atomic mass is 16.5. The quantitative estimate of drug-likeness (QED) is 0.609. The summed E-state index contributed by atoms with van der Waals surface area (Å²) in [6, 6.07) is 8.06. The van der Waals surface area contributed by atoms with Crippen molar-refractivity contribution >= 4 is 5.78 Å². The van der Waals surface area contributed by atoms with Crippen LogP contribution in [-0.4, -0.2) is 38.8 Å². The van der Waals surface area contributed by atoms with Crippen molar-refractivity contribution in [2.24, 2.45) is 0 Å². The summed E-state index contributed by atoms with van der Waals surface area (Å²) in [6.07, 6.45) is 1.03. The van der Waals surface area contributed by atoms with E-state index in [0.717, 1.165) is 12.2 Å². The van der Waals surface area contributed by atoms with E-state index in [9.17, 15) is 4.79 Å². The maximum Gasteiger partial charge on any atom is 0.155 e. The molecule has 0 fully saturated rings. The van der Waals surface area contributed by atoms with Crippen LogP contribution in [0.5, 0.6) is 5.75 Å². The minimum Gasteiger partial charge on any atom is -0.491 e. The Morgan fingerprint density at radius 1 is 1.00 bits per heavy atom. The van der Waals surface area contributed by atoms with E-state index in [0.29, 0.717) is 26.4 Å². The molecule has 0 radical (unpaired) electrons. The number of benzene rings is 1. The van der Waals surface area contributed by atoms with Crippen LogP contribution in [0.25, 0.3) is 0 Å². The second-order valence-corrected chi connectivity index (χ2v) is 4.21. The smallest absolute Gasteiger partial charge is 0.155 e. The maximum atomic E-state index is 10.6. The molecule has 0 amide bonds. The summed E-state index contributed by atoms with van der Waals surface area (Å²) in [7, 11) is 0. The van der Waals surface area contributed by atoms with E-state index < -0.39 is 0 Å². The molecular weight excluding hydrogens is 244 g/mol. The van der Waals surface area contributed by atoms with Crippen LogP contribution in [0, 0.1) is 0 Å². The summed E-state index contributed by atoms with van der Waals surface area (Å²) < 4.78 is 15.9. The number of carbonyl (C=O) groups excluding carboxylic acids is 1. The molecule has 0 aliphatic rings. The monoisotopic (exact) mass is 266 g/mol. The Morgan fingerprint density at radius 2 is 1.63 bits per heavy atom. The molecule has 0 unspecified atom stereocenters. The fourth-order valence-corrected chi connectivity index (χ4v) is 1.48. The Hall–Kier alpha value is -1.39. The molecule has 0 atom stereocenters. The number of aryl methyl sites for hydroxylation is 1. The second-order valence-electron chi connectivity index (χ2n) is 4.21. The summed E-state index contributed by atoms with van der Waals surface area (Å²) in [5, 5.41) is 0. The molecule has 0 heterocycles. The van der Waals surface area contributed by atoms with Crippen molar-refractivity contribution in [3.8, 4) is 5.75 Å². The van der Waals surface area contributed by atoms with Crippen LogP contribution in [0.4, 0.5) is 0 Å². The van der Waals surface area contributed by atoms with Gasteiger partial charge in [-0.05, 0) is 31.0 Å². The molecular formula is C15H22O4. The number of ether oxygens (including phenoxy) is 3. The molecule has 1 aromatic carbocycles. The lowest BCUT2D eigenvalue weighted by Gasteiger charge is -2.07. The lowest BCUT2D eigenvalue weighted by Crippen LogP contribution is -2.13. The fourth-order valence-electron chi connectivity index (χ4n) is 1.48. The predicted octanol–water partition coefficient (Wildman–Crippen LogP) is 2.25. The van der Waals surface area contributed by atoms with Crippen molar-refractivity contribution in [2.75, 3.05) is 33.0 Å². The van der Waals surface area contributed by atoms with Gasteiger partial charge in [-0.15, -0.1) is 0 Å². The Balaban J connectivity index is 1.99. The molecule has 0 saturated heterocycles. The molecule has 0 bridgehead atoms. The Kier molecular flexibility index (Phi) is 7.86. The minimum absolute atomic E-state index is 0.0267. The molecule has 0 saturated carbocycles. The number of carbonyl (C=O) groups is 1. The van der Waals surface area contributed by atoms with Gasteiger partial charge in [-0.25, -0.2) is 0 Å². The molecule has 106 valence electrons. The van der Waals surface area contributed by atoms with Crippen molar-refractivity contribution in [1.82, 2.24) is 0 Å². The van der Waals surface area contributed by atoms with Gasteiger partial charge in [0.1, 0.15) is 19.0 Å². The van der Waals surface area contributed by atoms with Gasteiger partial charge in [-0.3, -0.25) is 4.79 Å². The third-order valence-corrected chi connectivity index (χ3v) is 2.51. The topological polar surface area (TPSA) is 44.8 Å². The van der Waals surface area contributed by atoms with Crippen LogP contribution in [0.2, 0.25) is 0 Å². The first-order chi connectivity index (χ1) is 9.22. The number of hydrogen-bond donors (Lipinski definition) is 0. The molecule has 0 aromatic heterocycles. The summed E-state index contributed by atoms with van der Waals surface area (Å²) in [5.41, 5.74) is 1.30. The van der Waals surface area contributed by atoms with Crippen molar-refractivity contribution in [1.29, 1.82) is 0 Å². The lowest BCUT2D eigenvalue weighted by molar-refractivity contribution is -0.122. The van der Waals surface area contributed by atoms with E-state index in [1.807, 2.05) is 12.1 Å². The Labute approximate surface area is 114 Å². The number of hydrogen-bond acceptors (Lipinski definition) is 4. The molecule has 0 aliphatic carbocycles. The van der Waals surface area contributed by atoms with Gasteiger partial charge in [0.15, 0.2) is 5.78 Å². The number of ketones is 1. The van der Waals surface area contributed by atoms with Crippen LogP contribution >= 0.6 is 0 Å². The Bertz CT molecular complexity index is 359. The van der Waals surface area contributed by atoms with Crippen LogP contribution < -0.4 is 4.74 Å². The first-order valence-electron chi connectivity index (χ1n) is 6.59. The molecule has 0 aliphatic heterocycles. The first kappa shape index (κ1) is 15.7. The van der Waals surface area contributed by atoms with Crippen molar-refractivity contribution in [2.45, 2.75) is 20.3 Å². The zero-order chi connectivity index (χ0) is 13.9. The van der Waals surface area contributed by atoms with Gasteiger partial charge in [0, 0.05) is 0 Å². The zero-order valence-electron chi connectivity index (χ0n) is 11.7. The third kappa shape index (κ3) is 7.59. The van der Waals surface area contributed by atoms with E-state index in [4.69, 9.17) is 14.2 Å². The van der Waals surface area contributed by atoms with Crippen LogP contribution in [0.1, 0.15) is 19.4 Å². The van der Waals surface area contributed by atoms with Crippen LogP contribution in [0.15, 0.2) is 24.3 Å². The normalized spacial score (nSPS) is 10.4. The van der Waals surface area contributed by atoms with Crippen LogP contribution in [0.3, 0.4) is 0 Å². The highest BCUT2D eigenvalue weighted by Gasteiger charge is 1.96. The molecule has 0 N–H and O–H groups in total. The van der Waals surface area contributed by atoms with Gasteiger partial charge in [0.05, 0.1) is 19.8 Å². The summed E-state index contributed by atoms with van der Waals surface area (Å²) >= 11 is 0. The second kappa shape index (κ2) is 9.53. The van der Waals surface area contributed by atoms with Crippen LogP contribution in [-0.2, 0) is 20.7 Å². The van der Waals surface area contributed by atoms with Crippen molar-refractivity contribution in [3.05, 3.63) is 29.8 Å². The molecule has 1 rings (SSSR count). The predicted molar refractivity (Wildman–Crippen MR) is 73.6 cm³/mol. The average Bonchev–Trinajstić information content (AvgIpc) is 2.42. The molecule has 1 aromatic rings. The van der Waals surface area contributed by atoms with Crippen molar-refractivity contribution in [3.63, 3.8) is 0 Å². The Morgan fingerprint density at radius 3 is 2.26 bits per heavy atom. The molecule has 4 nitrogen and oxygen atoms in total. The number of Topliss-reactive ketones (excluding diaryl/α,β-unsaturated/α-hetero) is 1. The summed E-state index contributed by atoms with van der Waals surface area (Å²) in [6.45, 7) is 5.72. The molecule has 4 heteroatoms. The minimum atomic E-state index is 0.0267. The summed E-state index contributed by atoms with van der Waals surface area (Å²) in [4.78, 5) is 10.6. The van der Waals surface area contributed by atoms with Crippen molar-refractivity contribution < 1.29 is 19.0 Å². The van der Waals surface area contributed by atoms with E-state index in [1.165, 1.54) is 12.5 Å². The van der Waals surface area contributed by atoms with Gasteiger partial charge in [-0.1, -0.05) is 19.1 Å². The highest BCUT2D eigenvalue weighted by Crippen LogP contribution is 2.12. The summed E-state index contributed by atoms with van der Waals surface area (Å²) in [5.74, 6) is 0.882. The van der Waals surface area contributed by atoms with E-state index in [-0.39, 0.29) is 12.4 Å². The maximum absolute atomic E-state index is 10.6. The first-order valence-corrected chi connectivity index (χ1v) is 6.59. The van der Waals surface area contributed by atoms with Gasteiger partial charge < -0.3 is 14.2 Å². The lowest BCUT2D eigenvalue weighted by atomic mass is 10.2. The third-order valence-electron chi connectivity index (χ3n) is 2.51. The van der Waals surface area contributed by atoms with Gasteiger partial charge in [-0.2, -0.15) is 0 Å². The molecule has 19 heavy (non-hydrogen) atoms.